The van der Waals surface area contributed by atoms with Gasteiger partial charge >= 0.3 is 0 Å². The molecule has 2 aliphatic rings. The van der Waals surface area contributed by atoms with Crippen molar-refractivity contribution in [1.29, 1.82) is 0 Å². The normalized spacial score (nSPS) is 20.3. The Hall–Kier alpha value is -1.32. The molecule has 0 aliphatic heterocycles. The molecule has 4 heteroatoms. The fourth-order valence-electron chi connectivity index (χ4n) is 2.57. The van der Waals surface area contributed by atoms with Crippen molar-refractivity contribution in [2.45, 2.75) is 51.4 Å². The number of ether oxygens (including phenoxy) is 1. The number of anilines is 1. The van der Waals surface area contributed by atoms with Crippen LogP contribution in [0.4, 0.5) is 5.82 Å². The predicted octanol–water partition coefficient (Wildman–Crippen LogP) is 2.81. The first-order valence-corrected chi connectivity index (χ1v) is 7.01. The van der Waals surface area contributed by atoms with Gasteiger partial charge in [0.2, 0.25) is 5.88 Å². The largest absolute Gasteiger partial charge is 0.477 e. The maximum absolute atomic E-state index is 5.94. The summed E-state index contributed by atoms with van der Waals surface area (Å²) in [7, 11) is 0. The fraction of sp³-hybridized carbons (Fsp3) is 0.714. The van der Waals surface area contributed by atoms with E-state index >= 15 is 0 Å². The highest BCUT2D eigenvalue weighted by Crippen LogP contribution is 2.39. The van der Waals surface area contributed by atoms with Gasteiger partial charge in [0.05, 0.1) is 12.2 Å². The van der Waals surface area contributed by atoms with E-state index in [2.05, 4.69) is 9.97 Å². The Morgan fingerprint density at radius 1 is 1.17 bits per heavy atom. The molecule has 1 aromatic rings. The van der Waals surface area contributed by atoms with E-state index in [0.717, 1.165) is 18.0 Å². The molecule has 0 aromatic carbocycles. The molecule has 0 radical (unpaired) electrons. The van der Waals surface area contributed by atoms with Gasteiger partial charge < -0.3 is 10.5 Å². The van der Waals surface area contributed by atoms with Crippen LogP contribution in [0.15, 0.2) is 0 Å². The second-order valence-corrected chi connectivity index (χ2v) is 5.63. The smallest absolute Gasteiger partial charge is 0.221 e. The summed E-state index contributed by atoms with van der Waals surface area (Å²) in [5.41, 5.74) is 6.83. The van der Waals surface area contributed by atoms with Gasteiger partial charge in [0.25, 0.3) is 0 Å². The Labute approximate surface area is 108 Å². The minimum absolute atomic E-state index is 0.515. The number of hydrogen-bond acceptors (Lipinski definition) is 4. The summed E-state index contributed by atoms with van der Waals surface area (Å²) in [5, 5.41) is 0. The van der Waals surface area contributed by atoms with E-state index in [0.29, 0.717) is 23.5 Å². The van der Waals surface area contributed by atoms with Crippen LogP contribution in [0.25, 0.3) is 0 Å². The summed E-state index contributed by atoms with van der Waals surface area (Å²) in [6.07, 6.45) is 7.62. The van der Waals surface area contributed by atoms with E-state index in [-0.39, 0.29) is 0 Å². The van der Waals surface area contributed by atoms with Crippen LogP contribution in [0, 0.1) is 12.8 Å². The minimum atomic E-state index is 0.515. The summed E-state index contributed by atoms with van der Waals surface area (Å²) < 4.78 is 5.89. The quantitative estimate of drug-likeness (QED) is 0.888. The fourth-order valence-corrected chi connectivity index (χ4v) is 2.57. The van der Waals surface area contributed by atoms with Crippen molar-refractivity contribution < 1.29 is 4.74 Å². The molecule has 1 aromatic heterocycles. The van der Waals surface area contributed by atoms with Crippen molar-refractivity contribution in [1.82, 2.24) is 9.97 Å². The molecule has 2 saturated carbocycles. The van der Waals surface area contributed by atoms with E-state index in [1.807, 2.05) is 6.92 Å². The monoisotopic (exact) mass is 247 g/mol. The number of nitrogen functional groups attached to an aromatic ring is 1. The average Bonchev–Trinajstić information content (AvgIpc) is 3.08. The highest BCUT2D eigenvalue weighted by atomic mass is 16.5. The molecule has 0 saturated heterocycles. The van der Waals surface area contributed by atoms with Crippen LogP contribution in [-0.4, -0.2) is 16.6 Å². The molecular weight excluding hydrogens is 226 g/mol. The Bertz CT molecular complexity index is 437. The van der Waals surface area contributed by atoms with Gasteiger partial charge in [-0.15, -0.1) is 0 Å². The van der Waals surface area contributed by atoms with E-state index in [4.69, 9.17) is 10.5 Å². The molecule has 2 aliphatic carbocycles. The Kier molecular flexibility index (Phi) is 3.10. The highest BCUT2D eigenvalue weighted by Gasteiger charge is 2.28. The van der Waals surface area contributed by atoms with Crippen molar-refractivity contribution in [2.75, 3.05) is 12.3 Å². The number of hydrogen-bond donors (Lipinski definition) is 1. The van der Waals surface area contributed by atoms with Crippen LogP contribution in [0.5, 0.6) is 5.88 Å². The van der Waals surface area contributed by atoms with E-state index in [9.17, 15) is 0 Å². The first-order chi connectivity index (χ1) is 8.74. The van der Waals surface area contributed by atoms with Crippen molar-refractivity contribution >= 4 is 5.82 Å². The molecule has 0 spiro atoms. The summed E-state index contributed by atoms with van der Waals surface area (Å²) >= 11 is 0. The van der Waals surface area contributed by atoms with Gasteiger partial charge in [-0.3, -0.25) is 0 Å². The molecule has 0 unspecified atom stereocenters. The van der Waals surface area contributed by atoms with Gasteiger partial charge in [-0.05, 0) is 38.5 Å². The van der Waals surface area contributed by atoms with E-state index in [1.165, 1.54) is 38.5 Å². The summed E-state index contributed by atoms with van der Waals surface area (Å²) in [6.45, 7) is 2.72. The van der Waals surface area contributed by atoms with Crippen molar-refractivity contribution in [2.24, 2.45) is 5.92 Å². The molecule has 18 heavy (non-hydrogen) atoms. The average molecular weight is 247 g/mol. The van der Waals surface area contributed by atoms with Gasteiger partial charge in [-0.25, -0.2) is 4.98 Å². The van der Waals surface area contributed by atoms with Crippen LogP contribution >= 0.6 is 0 Å². The number of nitrogens with zero attached hydrogens (tertiary/aromatic N) is 2. The van der Waals surface area contributed by atoms with Crippen molar-refractivity contribution in [3.05, 3.63) is 11.4 Å². The predicted molar refractivity (Wildman–Crippen MR) is 70.6 cm³/mol. The third kappa shape index (κ3) is 2.42. The first kappa shape index (κ1) is 11.8. The lowest BCUT2D eigenvalue weighted by molar-refractivity contribution is 0.241. The molecule has 1 heterocycles. The molecule has 0 atom stereocenters. The summed E-state index contributed by atoms with van der Waals surface area (Å²) in [5.74, 6) is 3.37. The maximum atomic E-state index is 5.94. The minimum Gasteiger partial charge on any atom is -0.477 e. The van der Waals surface area contributed by atoms with E-state index < -0.39 is 0 Å². The molecule has 98 valence electrons. The van der Waals surface area contributed by atoms with Crippen LogP contribution in [0.2, 0.25) is 0 Å². The molecule has 0 bridgehead atoms. The summed E-state index contributed by atoms with van der Waals surface area (Å²) in [4.78, 5) is 8.90. The van der Waals surface area contributed by atoms with Crippen molar-refractivity contribution in [3.63, 3.8) is 0 Å². The van der Waals surface area contributed by atoms with Crippen LogP contribution in [-0.2, 0) is 0 Å². The molecular formula is C14H21N3O. The van der Waals surface area contributed by atoms with Crippen molar-refractivity contribution in [3.8, 4) is 5.88 Å². The zero-order valence-electron chi connectivity index (χ0n) is 11.0. The standard InChI is InChI=1S/C14H21N3O/c1-9-12(15)16-13(11-6-7-11)17-14(9)18-8-10-4-2-3-5-10/h10-11H,2-8H2,1H3,(H2,15,16,17). The van der Waals surface area contributed by atoms with Crippen LogP contribution < -0.4 is 10.5 Å². The lowest BCUT2D eigenvalue weighted by Crippen LogP contribution is -2.12. The lowest BCUT2D eigenvalue weighted by atomic mass is 10.1. The lowest BCUT2D eigenvalue weighted by Gasteiger charge is -2.14. The van der Waals surface area contributed by atoms with Gasteiger partial charge in [0.1, 0.15) is 11.6 Å². The SMILES string of the molecule is Cc1c(N)nc(C2CC2)nc1OCC1CCCC1. The van der Waals surface area contributed by atoms with Gasteiger partial charge in [-0.2, -0.15) is 4.98 Å². The Morgan fingerprint density at radius 2 is 1.89 bits per heavy atom. The maximum Gasteiger partial charge on any atom is 0.221 e. The van der Waals surface area contributed by atoms with Gasteiger partial charge in [0, 0.05) is 5.92 Å². The highest BCUT2D eigenvalue weighted by molar-refractivity contribution is 5.45. The van der Waals surface area contributed by atoms with Gasteiger partial charge in [-0.1, -0.05) is 12.8 Å². The zero-order valence-corrected chi connectivity index (χ0v) is 11.0. The summed E-state index contributed by atoms with van der Waals surface area (Å²) in [6, 6.07) is 0. The zero-order chi connectivity index (χ0) is 12.5. The molecule has 2 N–H and O–H groups in total. The molecule has 4 nitrogen and oxygen atoms in total. The third-order valence-corrected chi connectivity index (χ3v) is 4.03. The molecule has 2 fully saturated rings. The molecule has 0 amide bonds. The first-order valence-electron chi connectivity index (χ1n) is 7.01. The number of aromatic nitrogens is 2. The molecule has 3 rings (SSSR count). The second-order valence-electron chi connectivity index (χ2n) is 5.63. The van der Waals surface area contributed by atoms with Crippen LogP contribution in [0.1, 0.15) is 55.8 Å². The third-order valence-electron chi connectivity index (χ3n) is 4.03. The van der Waals surface area contributed by atoms with Crippen LogP contribution in [0.3, 0.4) is 0 Å². The second kappa shape index (κ2) is 4.75. The number of rotatable bonds is 4. The van der Waals surface area contributed by atoms with Gasteiger partial charge in [0.15, 0.2) is 0 Å². The Morgan fingerprint density at radius 3 is 2.56 bits per heavy atom. The van der Waals surface area contributed by atoms with E-state index in [1.54, 1.807) is 0 Å². The topological polar surface area (TPSA) is 61.0 Å². The number of nitrogens with two attached hydrogens (primary N) is 1. The Balaban J connectivity index is 1.72.